The molecule has 1 aromatic carbocycles. The Hall–Kier alpha value is -1.86. The second-order valence-corrected chi connectivity index (χ2v) is 11.7. The minimum absolute atomic E-state index is 0.204. The molecule has 0 radical (unpaired) electrons. The fourth-order valence-electron chi connectivity index (χ4n) is 5.93. The number of benzene rings is 1. The summed E-state index contributed by atoms with van der Waals surface area (Å²) in [7, 11) is 0. The highest BCUT2D eigenvalue weighted by Crippen LogP contribution is 2.55. The average molecular weight is 486 g/mol. The van der Waals surface area contributed by atoms with Crippen LogP contribution in [-0.2, 0) is 9.59 Å². The van der Waals surface area contributed by atoms with Gasteiger partial charge in [-0.1, -0.05) is 25.7 Å². The van der Waals surface area contributed by atoms with Crippen molar-refractivity contribution in [1.29, 1.82) is 0 Å². The summed E-state index contributed by atoms with van der Waals surface area (Å²) in [5, 5.41) is 7.91. The van der Waals surface area contributed by atoms with Gasteiger partial charge >= 0.3 is 0 Å². The number of thioether (sulfide) groups is 1. The van der Waals surface area contributed by atoms with Crippen LogP contribution in [0.2, 0.25) is 0 Å². The number of hydrogen-bond donors (Lipinski definition) is 2. The molecule has 3 aliphatic rings. The molecule has 2 heterocycles. The van der Waals surface area contributed by atoms with E-state index in [-0.39, 0.29) is 17.6 Å². The van der Waals surface area contributed by atoms with Crippen LogP contribution >= 0.6 is 11.8 Å². The lowest BCUT2D eigenvalue weighted by Gasteiger charge is -2.54. The number of nitrogens with zero attached hydrogens (tertiary/aromatic N) is 1. The minimum Gasteiger partial charge on any atom is -0.341 e. The zero-order chi connectivity index (χ0) is 23.5. The number of aromatic nitrogens is 1. The number of rotatable bonds is 11. The number of imide groups is 1. The van der Waals surface area contributed by atoms with Crippen LogP contribution in [0.5, 0.6) is 0 Å². The number of fused-ring (bicyclic) bond motifs is 1. The minimum atomic E-state index is -0.413. The normalized spacial score (nSPS) is 22.1. The number of amides is 2. The summed E-state index contributed by atoms with van der Waals surface area (Å²) >= 11 is 1.57. The van der Waals surface area contributed by atoms with Crippen LogP contribution in [0.15, 0.2) is 29.4 Å². The third-order valence-electron chi connectivity index (χ3n) is 8.09. The molecule has 184 valence electrons. The summed E-state index contributed by atoms with van der Waals surface area (Å²) in [4.78, 5) is 24.3. The molecule has 1 aliphatic heterocycles. The van der Waals surface area contributed by atoms with Gasteiger partial charge in [0.05, 0.1) is 4.90 Å². The van der Waals surface area contributed by atoms with E-state index in [1.807, 2.05) is 17.0 Å². The second-order valence-electron chi connectivity index (χ2n) is 10.6. The second kappa shape index (κ2) is 10.4. The van der Waals surface area contributed by atoms with E-state index in [1.54, 1.807) is 17.8 Å². The summed E-state index contributed by atoms with van der Waals surface area (Å²) in [6, 6.07) is 3.64. The van der Waals surface area contributed by atoms with Crippen LogP contribution < -0.4 is 10.6 Å². The first-order valence-corrected chi connectivity index (χ1v) is 14.0. The van der Waals surface area contributed by atoms with Gasteiger partial charge in [0.1, 0.15) is 11.9 Å². The van der Waals surface area contributed by atoms with Gasteiger partial charge in [-0.15, -0.1) is 11.8 Å². The molecule has 2 N–H and O–H groups in total. The molecule has 7 heteroatoms. The zero-order valence-electron chi connectivity index (χ0n) is 19.9. The third kappa shape index (κ3) is 5.20. The molecule has 3 fully saturated rings. The summed E-state index contributed by atoms with van der Waals surface area (Å²) in [5.74, 6) is 0.180. The quantitative estimate of drug-likeness (QED) is 0.243. The first kappa shape index (κ1) is 23.9. The van der Waals surface area contributed by atoms with E-state index < -0.39 is 6.04 Å². The highest BCUT2D eigenvalue weighted by atomic mass is 32.2. The van der Waals surface area contributed by atoms with Crippen molar-refractivity contribution in [3.05, 3.63) is 30.3 Å². The molecule has 1 spiro atoms. The molecule has 1 saturated heterocycles. The summed E-state index contributed by atoms with van der Waals surface area (Å²) in [6.07, 6.45) is 17.7. The molecule has 1 unspecified atom stereocenters. The highest BCUT2D eigenvalue weighted by Gasteiger charge is 2.47. The molecule has 1 atom stereocenters. The predicted molar refractivity (Wildman–Crippen MR) is 134 cm³/mol. The van der Waals surface area contributed by atoms with Crippen molar-refractivity contribution >= 4 is 34.3 Å². The van der Waals surface area contributed by atoms with E-state index in [1.165, 1.54) is 63.9 Å². The van der Waals surface area contributed by atoms with E-state index in [4.69, 9.17) is 0 Å². The van der Waals surface area contributed by atoms with Crippen LogP contribution in [-0.4, -0.2) is 34.7 Å². The number of nitrogens with one attached hydrogen (secondary N) is 2. The Labute approximate surface area is 205 Å². The maximum Gasteiger partial charge on any atom is 0.249 e. The predicted octanol–water partition coefficient (Wildman–Crippen LogP) is 5.72. The van der Waals surface area contributed by atoms with Crippen molar-refractivity contribution in [3.8, 4) is 0 Å². The van der Waals surface area contributed by atoms with E-state index >= 15 is 0 Å². The maximum absolute atomic E-state index is 14.6. The molecule has 1 aromatic heterocycles. The van der Waals surface area contributed by atoms with Gasteiger partial charge in [0.2, 0.25) is 11.8 Å². The molecule has 5 rings (SSSR count). The van der Waals surface area contributed by atoms with Crippen LogP contribution in [0, 0.1) is 11.2 Å². The lowest BCUT2D eigenvalue weighted by molar-refractivity contribution is -0.135. The molecular formula is C27H36FN3O2S. The SMILES string of the molecule is O=C1CCC(n2cc3ccc(F)c(SCCCCCCCNC4CC5(CCC5)C4)c3c2)C(=O)N1. The Morgan fingerprint density at radius 2 is 1.88 bits per heavy atom. The molecule has 2 saturated carbocycles. The van der Waals surface area contributed by atoms with E-state index in [0.717, 1.165) is 40.9 Å². The standard InChI is InChI=1S/C27H36FN3O2S/c28-22-8-7-19-17-31(23-9-10-24(32)30-26(23)33)18-21(19)25(22)34-14-5-3-1-2-4-13-29-20-15-27(16-20)11-6-12-27/h7-8,17-18,20,23,29H,1-6,9-16H2,(H,30,32,33). The molecule has 2 aromatic rings. The largest absolute Gasteiger partial charge is 0.341 e. The topological polar surface area (TPSA) is 63.1 Å². The lowest BCUT2D eigenvalue weighted by atomic mass is 9.54. The van der Waals surface area contributed by atoms with Gasteiger partial charge in [0.15, 0.2) is 0 Å². The Kier molecular flexibility index (Phi) is 7.30. The Morgan fingerprint density at radius 1 is 1.09 bits per heavy atom. The average Bonchev–Trinajstić information content (AvgIpc) is 3.17. The van der Waals surface area contributed by atoms with Crippen LogP contribution in [0.25, 0.3) is 10.8 Å². The molecule has 34 heavy (non-hydrogen) atoms. The summed E-state index contributed by atoms with van der Waals surface area (Å²) in [5.41, 5.74) is 0.757. The number of carbonyl (C=O) groups is 2. The molecule has 2 aliphatic carbocycles. The smallest absolute Gasteiger partial charge is 0.249 e. The van der Waals surface area contributed by atoms with Crippen molar-refractivity contribution in [2.45, 2.75) is 94.0 Å². The van der Waals surface area contributed by atoms with Gasteiger partial charge in [0.25, 0.3) is 0 Å². The Morgan fingerprint density at radius 3 is 2.65 bits per heavy atom. The summed E-state index contributed by atoms with van der Waals surface area (Å²) in [6.45, 7) is 1.15. The van der Waals surface area contributed by atoms with Crippen LogP contribution in [0.4, 0.5) is 4.39 Å². The van der Waals surface area contributed by atoms with Crippen LogP contribution in [0.3, 0.4) is 0 Å². The van der Waals surface area contributed by atoms with Crippen molar-refractivity contribution in [2.75, 3.05) is 12.3 Å². The fourth-order valence-corrected chi connectivity index (χ4v) is 7.01. The Balaban J connectivity index is 1.03. The number of piperidine rings is 1. The van der Waals surface area contributed by atoms with Gasteiger partial charge in [-0.25, -0.2) is 4.39 Å². The zero-order valence-corrected chi connectivity index (χ0v) is 20.7. The monoisotopic (exact) mass is 485 g/mol. The highest BCUT2D eigenvalue weighted by molar-refractivity contribution is 7.99. The fraction of sp³-hybridized carbons (Fsp3) is 0.630. The molecule has 5 nitrogen and oxygen atoms in total. The van der Waals surface area contributed by atoms with E-state index in [2.05, 4.69) is 10.6 Å². The Bertz CT molecular complexity index is 1040. The number of halogens is 1. The van der Waals surface area contributed by atoms with Crippen LogP contribution in [0.1, 0.15) is 83.1 Å². The number of carbonyl (C=O) groups excluding carboxylic acids is 2. The van der Waals surface area contributed by atoms with Crippen molar-refractivity contribution in [2.24, 2.45) is 5.41 Å². The van der Waals surface area contributed by atoms with Crippen molar-refractivity contribution < 1.29 is 14.0 Å². The molecule has 2 amide bonds. The summed E-state index contributed by atoms with van der Waals surface area (Å²) < 4.78 is 16.5. The van der Waals surface area contributed by atoms with Gasteiger partial charge in [-0.05, 0) is 74.8 Å². The molecule has 0 bridgehead atoms. The van der Waals surface area contributed by atoms with Gasteiger partial charge < -0.3 is 9.88 Å². The first-order valence-electron chi connectivity index (χ1n) is 13.0. The van der Waals surface area contributed by atoms with E-state index in [9.17, 15) is 14.0 Å². The molecular weight excluding hydrogens is 449 g/mol. The third-order valence-corrected chi connectivity index (χ3v) is 9.29. The van der Waals surface area contributed by atoms with Gasteiger partial charge in [-0.3, -0.25) is 14.9 Å². The van der Waals surface area contributed by atoms with Crippen molar-refractivity contribution in [1.82, 2.24) is 15.2 Å². The number of unbranched alkanes of at least 4 members (excludes halogenated alkanes) is 4. The van der Waals surface area contributed by atoms with Gasteiger partial charge in [0, 0.05) is 35.6 Å². The lowest BCUT2D eigenvalue weighted by Crippen LogP contribution is -2.52. The van der Waals surface area contributed by atoms with Gasteiger partial charge in [-0.2, -0.15) is 0 Å². The van der Waals surface area contributed by atoms with E-state index in [0.29, 0.717) is 17.7 Å². The maximum atomic E-state index is 14.6. The van der Waals surface area contributed by atoms with Crippen molar-refractivity contribution in [3.63, 3.8) is 0 Å². The number of hydrogen-bond acceptors (Lipinski definition) is 4. The first-order chi connectivity index (χ1) is 16.5.